The van der Waals surface area contributed by atoms with E-state index >= 15 is 0 Å². The molecule has 0 aromatic rings. The number of ketones is 1. The summed E-state index contributed by atoms with van der Waals surface area (Å²) in [5.74, 6) is 1.69. The molecule has 0 heterocycles. The van der Waals surface area contributed by atoms with E-state index in [1.807, 2.05) is 6.92 Å². The Bertz CT molecular complexity index is 748. The first-order valence-electron chi connectivity index (χ1n) is 10.8. The number of fused-ring (bicyclic) bond motifs is 5. The minimum atomic E-state index is -4.49. The van der Waals surface area contributed by atoms with Crippen LogP contribution in [-0.2, 0) is 19.4 Å². The Morgan fingerprint density at radius 1 is 1.07 bits per heavy atom. The van der Waals surface area contributed by atoms with Crippen LogP contribution in [0.2, 0.25) is 0 Å². The summed E-state index contributed by atoms with van der Waals surface area (Å²) >= 11 is 0. The monoisotopic (exact) mass is 414 g/mol. The van der Waals surface area contributed by atoms with Crippen LogP contribution < -0.4 is 0 Å². The minimum Gasteiger partial charge on any atom is -0.393 e. The third kappa shape index (κ3) is 3.17. The Balaban J connectivity index is 1.58. The number of rotatable bonds is 3. The average molecular weight is 415 g/mol. The van der Waals surface area contributed by atoms with E-state index in [0.717, 1.165) is 32.1 Å². The van der Waals surface area contributed by atoms with Gasteiger partial charge in [-0.1, -0.05) is 13.8 Å². The van der Waals surface area contributed by atoms with Crippen LogP contribution in [0.1, 0.15) is 72.1 Å². The van der Waals surface area contributed by atoms with E-state index in [1.54, 1.807) is 0 Å². The van der Waals surface area contributed by atoms with Crippen molar-refractivity contribution >= 4 is 16.2 Å². The molecule has 0 aromatic heterocycles. The summed E-state index contributed by atoms with van der Waals surface area (Å²) in [7, 11) is -4.49. The van der Waals surface area contributed by atoms with Crippen LogP contribution in [0.4, 0.5) is 0 Å². The first-order chi connectivity index (χ1) is 13.0. The highest BCUT2D eigenvalue weighted by Gasteiger charge is 2.62. The molecule has 4 rings (SSSR count). The molecule has 4 fully saturated rings. The fourth-order valence-corrected chi connectivity index (χ4v) is 8.62. The summed E-state index contributed by atoms with van der Waals surface area (Å²) < 4.78 is 36.1. The second-order valence-corrected chi connectivity index (χ2v) is 11.5. The van der Waals surface area contributed by atoms with Gasteiger partial charge in [-0.15, -0.1) is 0 Å². The molecule has 0 bridgehead atoms. The number of aliphatic hydroxyl groups is 1. The van der Waals surface area contributed by atoms with E-state index in [4.69, 9.17) is 8.74 Å². The summed E-state index contributed by atoms with van der Waals surface area (Å²) in [6.07, 6.45) is 5.66. The molecule has 6 nitrogen and oxygen atoms in total. The molecule has 4 aliphatic rings. The summed E-state index contributed by atoms with van der Waals surface area (Å²) in [6.45, 7) is 6.46. The lowest BCUT2D eigenvalue weighted by molar-refractivity contribution is -0.159. The summed E-state index contributed by atoms with van der Waals surface area (Å²) in [5, 5.41) is 10.3. The highest BCUT2D eigenvalue weighted by molar-refractivity contribution is 7.80. The lowest BCUT2D eigenvalue weighted by Crippen LogP contribution is -2.57. The molecule has 0 amide bonds. The SMILES string of the molecule is CC(O)[C@H]1CC[C@H]2[C@@H]3CC(=O)C4C[C@@H](OS(=O)(=O)O)CC[C@]4(C)[C@H]3CC[C@]12C. The molecule has 4 saturated carbocycles. The van der Waals surface area contributed by atoms with Crippen molar-refractivity contribution < 1.29 is 27.1 Å². The number of hydrogen-bond acceptors (Lipinski definition) is 5. The van der Waals surface area contributed by atoms with Crippen LogP contribution >= 0.6 is 0 Å². The van der Waals surface area contributed by atoms with Gasteiger partial charge in [0.15, 0.2) is 0 Å². The predicted molar refractivity (Wildman–Crippen MR) is 104 cm³/mol. The predicted octanol–water partition coefficient (Wildman–Crippen LogP) is 3.39. The summed E-state index contributed by atoms with van der Waals surface area (Å²) in [5.41, 5.74) is -0.00653. The van der Waals surface area contributed by atoms with E-state index in [1.165, 1.54) is 0 Å². The number of carbonyl (C=O) groups is 1. The molecule has 4 aliphatic carbocycles. The second-order valence-electron chi connectivity index (χ2n) is 10.5. The maximum Gasteiger partial charge on any atom is 0.397 e. The van der Waals surface area contributed by atoms with Gasteiger partial charge >= 0.3 is 10.4 Å². The van der Waals surface area contributed by atoms with Crippen molar-refractivity contribution in [3.63, 3.8) is 0 Å². The van der Waals surface area contributed by atoms with Gasteiger partial charge in [0.2, 0.25) is 0 Å². The smallest absolute Gasteiger partial charge is 0.393 e. The average Bonchev–Trinajstić information content (AvgIpc) is 2.92. The molecule has 28 heavy (non-hydrogen) atoms. The number of hydrogen-bond donors (Lipinski definition) is 2. The fourth-order valence-electron chi connectivity index (χ4n) is 8.10. The van der Waals surface area contributed by atoms with Gasteiger partial charge in [-0.3, -0.25) is 9.35 Å². The Hall–Kier alpha value is -0.500. The van der Waals surface area contributed by atoms with Gasteiger partial charge in [-0.2, -0.15) is 8.42 Å². The Morgan fingerprint density at radius 2 is 1.71 bits per heavy atom. The molecular formula is C21H34O6S. The van der Waals surface area contributed by atoms with E-state index in [9.17, 15) is 18.3 Å². The molecule has 2 N–H and O–H groups in total. The molecule has 2 unspecified atom stereocenters. The molecule has 0 aromatic carbocycles. The Morgan fingerprint density at radius 3 is 2.36 bits per heavy atom. The van der Waals surface area contributed by atoms with Crippen molar-refractivity contribution in [2.75, 3.05) is 0 Å². The molecule has 0 saturated heterocycles. The van der Waals surface area contributed by atoms with Crippen LogP contribution in [-0.4, -0.2) is 36.1 Å². The molecule has 0 radical (unpaired) electrons. The van der Waals surface area contributed by atoms with Crippen molar-refractivity contribution in [2.45, 2.75) is 84.3 Å². The van der Waals surface area contributed by atoms with Crippen molar-refractivity contribution in [3.8, 4) is 0 Å². The lowest BCUT2D eigenvalue weighted by Gasteiger charge is -2.60. The zero-order chi connectivity index (χ0) is 20.5. The zero-order valence-corrected chi connectivity index (χ0v) is 18.0. The van der Waals surface area contributed by atoms with Gasteiger partial charge in [0.05, 0.1) is 12.2 Å². The highest BCUT2D eigenvalue weighted by atomic mass is 32.3. The second kappa shape index (κ2) is 6.76. The Kier molecular flexibility index (Phi) is 5.01. The van der Waals surface area contributed by atoms with Gasteiger partial charge in [-0.25, -0.2) is 4.18 Å². The van der Waals surface area contributed by atoms with Crippen molar-refractivity contribution in [1.82, 2.24) is 0 Å². The van der Waals surface area contributed by atoms with Gasteiger partial charge < -0.3 is 5.11 Å². The van der Waals surface area contributed by atoms with Gasteiger partial charge in [0, 0.05) is 12.3 Å². The van der Waals surface area contributed by atoms with Gasteiger partial charge in [-0.05, 0) is 86.4 Å². The van der Waals surface area contributed by atoms with Crippen LogP contribution in [0.25, 0.3) is 0 Å². The molecule has 160 valence electrons. The normalized spacial score (nSPS) is 49.8. The largest absolute Gasteiger partial charge is 0.397 e. The third-order valence-electron chi connectivity index (χ3n) is 9.32. The van der Waals surface area contributed by atoms with Crippen molar-refractivity contribution in [2.24, 2.45) is 40.4 Å². The Labute approximate surface area is 168 Å². The molecule has 9 atom stereocenters. The topological polar surface area (TPSA) is 101 Å². The fraction of sp³-hybridized carbons (Fsp3) is 0.952. The van der Waals surface area contributed by atoms with E-state index in [0.29, 0.717) is 42.9 Å². The lowest BCUT2D eigenvalue weighted by atomic mass is 9.44. The first kappa shape index (κ1) is 20.8. The maximum atomic E-state index is 13.2. The van der Waals surface area contributed by atoms with Gasteiger partial charge in [0.1, 0.15) is 5.78 Å². The minimum absolute atomic E-state index is 0.115. The quantitative estimate of drug-likeness (QED) is 0.687. The first-order valence-corrected chi connectivity index (χ1v) is 12.2. The van der Waals surface area contributed by atoms with Gasteiger partial charge in [0.25, 0.3) is 0 Å². The zero-order valence-electron chi connectivity index (χ0n) is 17.1. The van der Waals surface area contributed by atoms with Crippen molar-refractivity contribution in [1.29, 1.82) is 0 Å². The molecular weight excluding hydrogens is 380 g/mol. The molecule has 0 aliphatic heterocycles. The summed E-state index contributed by atoms with van der Waals surface area (Å²) in [6, 6.07) is 0. The van der Waals surface area contributed by atoms with E-state index in [2.05, 4.69) is 13.8 Å². The highest BCUT2D eigenvalue weighted by Crippen LogP contribution is 2.67. The standard InChI is InChI=1S/C21H34O6S/c1-12(22)15-4-5-16-14-11-19(23)18-10-13(27-28(24,25)26)6-8-21(18,3)17(14)7-9-20(15,16)2/h12-18,22H,4-11H2,1-3H3,(H,24,25,26)/t12?,13-,14-,15+,16-,17-,18?,20+,21+/m0/s1. The number of Topliss-reactive ketones (excluding diaryl/α,β-unsaturated/α-hetero) is 1. The third-order valence-corrected chi connectivity index (χ3v) is 9.84. The molecule has 7 heteroatoms. The molecule has 0 spiro atoms. The van der Waals surface area contributed by atoms with Crippen molar-refractivity contribution in [3.05, 3.63) is 0 Å². The van der Waals surface area contributed by atoms with Crippen LogP contribution in [0.15, 0.2) is 0 Å². The van der Waals surface area contributed by atoms with Crippen LogP contribution in [0.3, 0.4) is 0 Å². The van der Waals surface area contributed by atoms with Crippen LogP contribution in [0.5, 0.6) is 0 Å². The summed E-state index contributed by atoms with van der Waals surface area (Å²) in [4.78, 5) is 13.2. The van der Waals surface area contributed by atoms with E-state index in [-0.39, 0.29) is 28.6 Å². The van der Waals surface area contributed by atoms with E-state index < -0.39 is 16.5 Å². The number of aliphatic hydroxyl groups excluding tert-OH is 1. The maximum absolute atomic E-state index is 13.2. The number of carbonyl (C=O) groups excluding carboxylic acids is 1. The van der Waals surface area contributed by atoms with Crippen LogP contribution in [0, 0.1) is 40.4 Å².